The first kappa shape index (κ1) is 14.1. The second-order valence-electron chi connectivity index (χ2n) is 3.97. The monoisotopic (exact) mass is 252 g/mol. The van der Waals surface area contributed by atoms with Crippen LogP contribution in [0.15, 0.2) is 18.3 Å². The van der Waals surface area contributed by atoms with Crippen LogP contribution >= 0.6 is 0 Å². The maximum Gasteiger partial charge on any atom is 0.354 e. The summed E-state index contributed by atoms with van der Waals surface area (Å²) in [5, 5.41) is 8.70. The van der Waals surface area contributed by atoms with Gasteiger partial charge in [-0.15, -0.1) is 0 Å². The molecule has 6 nitrogen and oxygen atoms in total. The summed E-state index contributed by atoms with van der Waals surface area (Å²) in [6.07, 6.45) is 1.20. The van der Waals surface area contributed by atoms with Gasteiger partial charge in [0.25, 0.3) is 5.91 Å². The van der Waals surface area contributed by atoms with Gasteiger partial charge in [0, 0.05) is 26.9 Å². The zero-order valence-corrected chi connectivity index (χ0v) is 10.6. The molecule has 0 bridgehead atoms. The normalized spacial score (nSPS) is 11.9. The molecule has 1 unspecified atom stereocenters. The van der Waals surface area contributed by atoms with Crippen LogP contribution in [0, 0.1) is 0 Å². The first-order valence-electron chi connectivity index (χ1n) is 5.43. The van der Waals surface area contributed by atoms with Crippen LogP contribution in [0.4, 0.5) is 0 Å². The van der Waals surface area contributed by atoms with Crippen LogP contribution in [0.2, 0.25) is 0 Å². The molecule has 6 heteroatoms. The molecule has 0 saturated carbocycles. The van der Waals surface area contributed by atoms with Gasteiger partial charge in [-0.2, -0.15) is 0 Å². The zero-order chi connectivity index (χ0) is 13.7. The van der Waals surface area contributed by atoms with Crippen LogP contribution < -0.4 is 0 Å². The quantitative estimate of drug-likeness (QED) is 0.841. The Morgan fingerprint density at radius 2 is 2.17 bits per heavy atom. The van der Waals surface area contributed by atoms with Gasteiger partial charge in [-0.1, -0.05) is 0 Å². The molecule has 0 fully saturated rings. The summed E-state index contributed by atoms with van der Waals surface area (Å²) < 4.78 is 5.07. The fourth-order valence-electron chi connectivity index (χ4n) is 1.41. The Morgan fingerprint density at radius 3 is 2.61 bits per heavy atom. The van der Waals surface area contributed by atoms with Crippen molar-refractivity contribution < 1.29 is 19.4 Å². The molecule has 0 aliphatic heterocycles. The van der Waals surface area contributed by atoms with Gasteiger partial charge < -0.3 is 14.7 Å². The summed E-state index contributed by atoms with van der Waals surface area (Å²) in [5.74, 6) is -1.33. The van der Waals surface area contributed by atoms with Crippen LogP contribution in [-0.4, -0.2) is 53.7 Å². The number of carboxylic acids is 1. The Bertz CT molecular complexity index is 430. The van der Waals surface area contributed by atoms with Crippen LogP contribution in [0.3, 0.4) is 0 Å². The number of pyridine rings is 1. The number of carboxylic acid groups (broad SMARTS) is 1. The Labute approximate surface area is 105 Å². The Kier molecular flexibility index (Phi) is 4.79. The van der Waals surface area contributed by atoms with E-state index in [4.69, 9.17) is 9.84 Å². The number of likely N-dealkylation sites (N-methyl/N-ethyl adjacent to an activating group) is 1. The van der Waals surface area contributed by atoms with E-state index in [0.717, 1.165) is 0 Å². The van der Waals surface area contributed by atoms with Crippen molar-refractivity contribution in [1.82, 2.24) is 9.88 Å². The van der Waals surface area contributed by atoms with E-state index in [9.17, 15) is 9.59 Å². The molecular weight excluding hydrogens is 236 g/mol. The van der Waals surface area contributed by atoms with Crippen molar-refractivity contribution in [3.8, 4) is 0 Å². The molecule has 0 aliphatic rings. The molecule has 1 amide bonds. The van der Waals surface area contributed by atoms with Crippen molar-refractivity contribution in [2.75, 3.05) is 20.7 Å². The minimum atomic E-state index is -1.12. The standard InChI is InChI=1S/C12H16N2O4/c1-8(18-3)7-14(2)11(15)9-4-5-10(12(16)17)13-6-9/h4-6,8H,7H2,1-3H3,(H,16,17). The van der Waals surface area contributed by atoms with E-state index in [1.54, 1.807) is 14.2 Å². The molecule has 0 saturated heterocycles. The molecule has 18 heavy (non-hydrogen) atoms. The number of aromatic carboxylic acids is 1. The molecule has 1 heterocycles. The van der Waals surface area contributed by atoms with Crippen molar-refractivity contribution >= 4 is 11.9 Å². The number of aromatic nitrogens is 1. The number of rotatable bonds is 5. The van der Waals surface area contributed by atoms with Crippen LogP contribution in [0.5, 0.6) is 0 Å². The van der Waals surface area contributed by atoms with Crippen molar-refractivity contribution in [1.29, 1.82) is 0 Å². The summed E-state index contributed by atoms with van der Waals surface area (Å²) in [4.78, 5) is 27.8. The average molecular weight is 252 g/mol. The Morgan fingerprint density at radius 1 is 1.50 bits per heavy atom. The predicted octanol–water partition coefficient (Wildman–Crippen LogP) is 0.887. The first-order valence-corrected chi connectivity index (χ1v) is 5.43. The molecule has 0 aliphatic carbocycles. The highest BCUT2D eigenvalue weighted by molar-refractivity contribution is 5.94. The lowest BCUT2D eigenvalue weighted by atomic mass is 10.2. The fraction of sp³-hybridized carbons (Fsp3) is 0.417. The highest BCUT2D eigenvalue weighted by Crippen LogP contribution is 2.05. The van der Waals surface area contributed by atoms with Crippen LogP contribution in [0.25, 0.3) is 0 Å². The van der Waals surface area contributed by atoms with Crippen molar-refractivity contribution in [2.24, 2.45) is 0 Å². The van der Waals surface area contributed by atoms with Gasteiger partial charge in [0.2, 0.25) is 0 Å². The number of nitrogens with zero attached hydrogens (tertiary/aromatic N) is 2. The second-order valence-corrected chi connectivity index (χ2v) is 3.97. The lowest BCUT2D eigenvalue weighted by Crippen LogP contribution is -2.33. The molecule has 1 atom stereocenters. The van der Waals surface area contributed by atoms with Crippen molar-refractivity contribution in [3.63, 3.8) is 0 Å². The lowest BCUT2D eigenvalue weighted by molar-refractivity contribution is 0.0598. The molecule has 0 radical (unpaired) electrons. The number of carbonyl (C=O) groups excluding carboxylic acids is 1. The number of hydrogen-bond acceptors (Lipinski definition) is 4. The molecule has 1 aromatic rings. The zero-order valence-electron chi connectivity index (χ0n) is 10.6. The minimum absolute atomic E-state index is 0.0646. The van der Waals surface area contributed by atoms with Crippen LogP contribution in [-0.2, 0) is 4.74 Å². The smallest absolute Gasteiger partial charge is 0.354 e. The van der Waals surface area contributed by atoms with E-state index in [1.165, 1.54) is 23.2 Å². The van der Waals surface area contributed by atoms with Gasteiger partial charge in [-0.05, 0) is 19.1 Å². The molecule has 98 valence electrons. The summed E-state index contributed by atoms with van der Waals surface area (Å²) in [6, 6.07) is 2.76. The third kappa shape index (κ3) is 3.53. The summed E-state index contributed by atoms with van der Waals surface area (Å²) >= 11 is 0. The lowest BCUT2D eigenvalue weighted by Gasteiger charge is -2.20. The maximum atomic E-state index is 12.0. The second kappa shape index (κ2) is 6.11. The van der Waals surface area contributed by atoms with E-state index in [0.29, 0.717) is 12.1 Å². The van der Waals surface area contributed by atoms with Gasteiger partial charge in [-0.25, -0.2) is 9.78 Å². The van der Waals surface area contributed by atoms with Gasteiger partial charge in [0.15, 0.2) is 0 Å². The SMILES string of the molecule is COC(C)CN(C)C(=O)c1ccc(C(=O)O)nc1. The number of methoxy groups -OCH3 is 1. The summed E-state index contributed by atoms with van der Waals surface area (Å²) in [5.41, 5.74) is 0.269. The van der Waals surface area contributed by atoms with Crippen molar-refractivity contribution in [3.05, 3.63) is 29.6 Å². The van der Waals surface area contributed by atoms with E-state index >= 15 is 0 Å². The summed E-state index contributed by atoms with van der Waals surface area (Å²) in [7, 11) is 3.23. The Hall–Kier alpha value is -1.95. The topological polar surface area (TPSA) is 79.7 Å². The molecule has 1 N–H and O–H groups in total. The average Bonchev–Trinajstić information content (AvgIpc) is 2.37. The van der Waals surface area contributed by atoms with E-state index < -0.39 is 5.97 Å². The van der Waals surface area contributed by atoms with Crippen LogP contribution in [0.1, 0.15) is 27.8 Å². The number of carbonyl (C=O) groups is 2. The number of ether oxygens (including phenoxy) is 1. The minimum Gasteiger partial charge on any atom is -0.477 e. The highest BCUT2D eigenvalue weighted by atomic mass is 16.5. The predicted molar refractivity (Wildman–Crippen MR) is 64.6 cm³/mol. The molecular formula is C12H16N2O4. The number of hydrogen-bond donors (Lipinski definition) is 1. The largest absolute Gasteiger partial charge is 0.477 e. The molecule has 1 aromatic heterocycles. The molecule has 1 rings (SSSR count). The first-order chi connectivity index (χ1) is 8.45. The fourth-order valence-corrected chi connectivity index (χ4v) is 1.41. The molecule has 0 spiro atoms. The van der Waals surface area contributed by atoms with E-state index in [-0.39, 0.29) is 17.7 Å². The Balaban J connectivity index is 2.74. The van der Waals surface area contributed by atoms with Crippen molar-refractivity contribution in [2.45, 2.75) is 13.0 Å². The van der Waals surface area contributed by atoms with Gasteiger partial charge in [0.05, 0.1) is 11.7 Å². The van der Waals surface area contributed by atoms with Gasteiger partial charge >= 0.3 is 5.97 Å². The third-order valence-corrected chi connectivity index (χ3v) is 2.51. The van der Waals surface area contributed by atoms with Gasteiger partial charge in [-0.3, -0.25) is 4.79 Å². The highest BCUT2D eigenvalue weighted by Gasteiger charge is 2.15. The maximum absolute atomic E-state index is 12.0. The number of amides is 1. The van der Waals surface area contributed by atoms with E-state index in [1.807, 2.05) is 6.92 Å². The molecule has 0 aromatic carbocycles. The summed E-state index contributed by atoms with van der Waals surface area (Å²) in [6.45, 7) is 2.31. The van der Waals surface area contributed by atoms with Gasteiger partial charge in [0.1, 0.15) is 5.69 Å². The third-order valence-electron chi connectivity index (χ3n) is 2.51. The van der Waals surface area contributed by atoms with E-state index in [2.05, 4.69) is 4.98 Å².